The number of pyridine rings is 2. The Morgan fingerprint density at radius 1 is 0.953 bits per heavy atom. The highest BCUT2D eigenvalue weighted by molar-refractivity contribution is 7.92. The Labute approximate surface area is 246 Å². The van der Waals surface area contributed by atoms with Gasteiger partial charge in [0.1, 0.15) is 22.2 Å². The van der Waals surface area contributed by atoms with Crippen LogP contribution in [0, 0.1) is 11.6 Å². The second kappa shape index (κ2) is 12.1. The molecule has 0 saturated carbocycles. The number of ketones is 1. The van der Waals surface area contributed by atoms with Crippen LogP contribution in [0.3, 0.4) is 0 Å². The largest absolute Gasteiger partial charge is 0.480 e. The first-order valence-corrected chi connectivity index (χ1v) is 14.7. The molecule has 1 N–H and O–H groups in total. The molecule has 0 atom stereocenters. The molecule has 2 aromatic carbocycles. The van der Waals surface area contributed by atoms with Crippen molar-refractivity contribution in [2.24, 2.45) is 0 Å². The predicted octanol–water partition coefficient (Wildman–Crippen LogP) is 4.18. The summed E-state index contributed by atoms with van der Waals surface area (Å²) in [7, 11) is -3.13. The Morgan fingerprint density at radius 2 is 1.72 bits per heavy atom. The number of nitrogens with zero attached hydrogens (tertiary/aromatic N) is 4. The van der Waals surface area contributed by atoms with E-state index in [0.717, 1.165) is 28.7 Å². The number of carbonyl (C=O) groups is 2. The second-order valence-corrected chi connectivity index (χ2v) is 11.4. The average Bonchev–Trinajstić information content (AvgIpc) is 2.99. The number of allylic oxidation sites excluding steroid dienone is 1. The Hall–Kier alpha value is -4.91. The van der Waals surface area contributed by atoms with Crippen LogP contribution < -0.4 is 14.4 Å². The van der Waals surface area contributed by atoms with E-state index in [0.29, 0.717) is 43.4 Å². The number of carbonyl (C=O) groups excluding carboxylic acids is 2. The van der Waals surface area contributed by atoms with E-state index in [1.165, 1.54) is 38.4 Å². The third kappa shape index (κ3) is 6.46. The fraction of sp³-hybridized carbons (Fsp3) is 0.200. The Balaban J connectivity index is 1.43. The van der Waals surface area contributed by atoms with Crippen molar-refractivity contribution >= 4 is 44.0 Å². The molecule has 10 nitrogen and oxygen atoms in total. The highest BCUT2D eigenvalue weighted by atomic mass is 32.2. The number of aromatic nitrogens is 2. The van der Waals surface area contributed by atoms with Gasteiger partial charge in [0.25, 0.3) is 10.0 Å². The number of nitrogens with one attached hydrogen (secondary N) is 1. The zero-order valence-corrected chi connectivity index (χ0v) is 24.1. The van der Waals surface area contributed by atoms with Gasteiger partial charge in [-0.2, -0.15) is 0 Å². The molecule has 13 heteroatoms. The molecular formula is C30H27F2N5O5S. The van der Waals surface area contributed by atoms with Gasteiger partial charge in [0.2, 0.25) is 11.8 Å². The molecule has 0 bridgehead atoms. The number of halogens is 2. The lowest BCUT2D eigenvalue weighted by atomic mass is 10.0. The monoisotopic (exact) mass is 607 g/mol. The third-order valence-corrected chi connectivity index (χ3v) is 8.32. The molecule has 222 valence electrons. The molecule has 1 saturated heterocycles. The van der Waals surface area contributed by atoms with Crippen LogP contribution in [0.25, 0.3) is 22.0 Å². The smallest absolute Gasteiger partial charge is 0.264 e. The van der Waals surface area contributed by atoms with E-state index in [9.17, 15) is 26.8 Å². The maximum Gasteiger partial charge on any atom is 0.264 e. The van der Waals surface area contributed by atoms with Gasteiger partial charge in [0.05, 0.1) is 12.6 Å². The van der Waals surface area contributed by atoms with Crippen molar-refractivity contribution in [2.75, 3.05) is 42.9 Å². The molecule has 1 fully saturated rings. The van der Waals surface area contributed by atoms with Crippen LogP contribution in [0.15, 0.2) is 78.0 Å². The summed E-state index contributed by atoms with van der Waals surface area (Å²) < 4.78 is 61.1. The summed E-state index contributed by atoms with van der Waals surface area (Å²) in [5.41, 5.74) is 2.86. The summed E-state index contributed by atoms with van der Waals surface area (Å²) in [6, 6.07) is 11.2. The number of sulfonamides is 1. The molecular weight excluding hydrogens is 580 g/mol. The number of ether oxygens (including phenoxy) is 1. The number of anilines is 2. The molecule has 3 heterocycles. The van der Waals surface area contributed by atoms with Gasteiger partial charge in [-0.15, -0.1) is 0 Å². The lowest BCUT2D eigenvalue weighted by molar-refractivity contribution is -0.126. The first-order chi connectivity index (χ1) is 20.6. The number of piperazine rings is 1. The van der Waals surface area contributed by atoms with Crippen LogP contribution in [-0.2, 0) is 19.6 Å². The van der Waals surface area contributed by atoms with Gasteiger partial charge in [-0.1, -0.05) is 6.07 Å². The zero-order valence-electron chi connectivity index (χ0n) is 23.3. The number of methoxy groups -OCH3 is 1. The van der Waals surface area contributed by atoms with E-state index in [1.807, 2.05) is 24.3 Å². The number of hydrogen-bond donors (Lipinski definition) is 1. The van der Waals surface area contributed by atoms with Crippen molar-refractivity contribution in [3.63, 3.8) is 0 Å². The minimum Gasteiger partial charge on any atom is -0.480 e. The second-order valence-electron chi connectivity index (χ2n) is 9.78. The summed E-state index contributed by atoms with van der Waals surface area (Å²) in [6.07, 6.45) is 5.78. The number of amides is 1. The number of hydrogen-bond acceptors (Lipinski definition) is 8. The molecule has 2 aromatic heterocycles. The van der Waals surface area contributed by atoms with Crippen molar-refractivity contribution in [2.45, 2.75) is 11.8 Å². The van der Waals surface area contributed by atoms with Crippen LogP contribution in [0.5, 0.6) is 5.88 Å². The van der Waals surface area contributed by atoms with Gasteiger partial charge in [0, 0.05) is 67.4 Å². The van der Waals surface area contributed by atoms with E-state index in [-0.39, 0.29) is 23.3 Å². The zero-order chi connectivity index (χ0) is 30.7. The molecule has 43 heavy (non-hydrogen) atoms. The van der Waals surface area contributed by atoms with Crippen molar-refractivity contribution in [1.82, 2.24) is 14.9 Å². The normalized spacial score (nSPS) is 13.9. The van der Waals surface area contributed by atoms with Gasteiger partial charge >= 0.3 is 0 Å². The summed E-state index contributed by atoms with van der Waals surface area (Å²) in [5.74, 6) is -2.58. The maximum absolute atomic E-state index is 14.3. The summed E-state index contributed by atoms with van der Waals surface area (Å²) in [4.78, 5) is 35.4. The Kier molecular flexibility index (Phi) is 8.35. The quantitative estimate of drug-likeness (QED) is 0.296. The highest BCUT2D eigenvalue weighted by Crippen LogP contribution is 2.34. The highest BCUT2D eigenvalue weighted by Gasteiger charge is 2.24. The standard InChI is InChI=1S/C30H27F2N5O5S/c1-19(38)3-8-29(39)37-13-11-36(12-14-37)27-9-10-33-25-6-4-20(15-23(25)27)21-16-26(30(42-2)34-18-21)35-43(40,41)28-7-5-22(31)17-24(28)32/h3-10,15-18,35H,11-14H2,1-2H3/b8-3+. The minimum absolute atomic E-state index is 0.0326. The molecule has 5 rings (SSSR count). The first kappa shape index (κ1) is 29.6. The van der Waals surface area contributed by atoms with Gasteiger partial charge in [-0.25, -0.2) is 22.2 Å². The molecule has 0 unspecified atom stereocenters. The molecule has 1 aliphatic rings. The summed E-state index contributed by atoms with van der Waals surface area (Å²) in [5, 5.41) is 0.836. The van der Waals surface area contributed by atoms with E-state index in [1.54, 1.807) is 11.1 Å². The van der Waals surface area contributed by atoms with Crippen molar-refractivity contribution in [1.29, 1.82) is 0 Å². The fourth-order valence-electron chi connectivity index (χ4n) is 4.79. The van der Waals surface area contributed by atoms with Crippen LogP contribution in [0.2, 0.25) is 0 Å². The predicted molar refractivity (Wildman–Crippen MR) is 157 cm³/mol. The molecule has 0 aliphatic carbocycles. The van der Waals surface area contributed by atoms with Gasteiger partial charge < -0.3 is 14.5 Å². The molecule has 0 radical (unpaired) electrons. The van der Waals surface area contributed by atoms with E-state index >= 15 is 0 Å². The third-order valence-electron chi connectivity index (χ3n) is 6.92. The molecule has 4 aromatic rings. The lowest BCUT2D eigenvalue weighted by Crippen LogP contribution is -2.48. The number of benzene rings is 2. The lowest BCUT2D eigenvalue weighted by Gasteiger charge is -2.36. The Bertz CT molecular complexity index is 1860. The minimum atomic E-state index is -4.44. The van der Waals surface area contributed by atoms with E-state index in [2.05, 4.69) is 19.6 Å². The molecule has 0 spiro atoms. The van der Waals surface area contributed by atoms with Crippen molar-refractivity contribution < 1.29 is 31.5 Å². The average molecular weight is 608 g/mol. The Morgan fingerprint density at radius 3 is 2.42 bits per heavy atom. The van der Waals surface area contributed by atoms with Crippen LogP contribution in [0.1, 0.15) is 6.92 Å². The summed E-state index contributed by atoms with van der Waals surface area (Å²) >= 11 is 0. The first-order valence-electron chi connectivity index (χ1n) is 13.2. The maximum atomic E-state index is 14.3. The SMILES string of the molecule is COc1ncc(-c2ccc3nccc(N4CCN(C(=O)/C=C/C(C)=O)CC4)c3c2)cc1NS(=O)(=O)c1ccc(F)cc1F. The number of rotatable bonds is 8. The summed E-state index contributed by atoms with van der Waals surface area (Å²) in [6.45, 7) is 3.48. The van der Waals surface area contributed by atoms with Crippen LogP contribution in [0.4, 0.5) is 20.2 Å². The van der Waals surface area contributed by atoms with Crippen LogP contribution >= 0.6 is 0 Å². The van der Waals surface area contributed by atoms with Crippen LogP contribution in [-0.4, -0.2) is 68.3 Å². The van der Waals surface area contributed by atoms with Crippen molar-refractivity contribution in [3.8, 4) is 17.0 Å². The van der Waals surface area contributed by atoms with E-state index in [4.69, 9.17) is 4.74 Å². The molecule has 1 amide bonds. The van der Waals surface area contributed by atoms with Crippen molar-refractivity contribution in [3.05, 3.63) is 84.7 Å². The van der Waals surface area contributed by atoms with E-state index < -0.39 is 26.6 Å². The topological polar surface area (TPSA) is 122 Å². The van der Waals surface area contributed by atoms with Gasteiger partial charge in [0.15, 0.2) is 5.78 Å². The van der Waals surface area contributed by atoms with Gasteiger partial charge in [-0.3, -0.25) is 19.3 Å². The fourth-order valence-corrected chi connectivity index (χ4v) is 5.90. The molecule has 1 aliphatic heterocycles. The van der Waals surface area contributed by atoms with Gasteiger partial charge in [-0.05, 0) is 55.0 Å². The number of fused-ring (bicyclic) bond motifs is 1.